The molecular formula is C29H54N4O2. The molecule has 2 amide bonds. The van der Waals surface area contributed by atoms with Gasteiger partial charge in [-0.2, -0.15) is 0 Å². The molecule has 0 atom stereocenters. The van der Waals surface area contributed by atoms with Gasteiger partial charge in [0.05, 0.1) is 0 Å². The van der Waals surface area contributed by atoms with Gasteiger partial charge in [0, 0.05) is 77.8 Å². The molecule has 3 aliphatic rings. The second-order valence-corrected chi connectivity index (χ2v) is 12.2. The minimum Gasteiger partial charge on any atom is -0.343 e. The van der Waals surface area contributed by atoms with E-state index in [1.54, 1.807) is 0 Å². The first-order valence-corrected chi connectivity index (χ1v) is 14.8. The van der Waals surface area contributed by atoms with Crippen LogP contribution in [-0.4, -0.2) is 96.4 Å². The molecule has 6 heteroatoms. The zero-order chi connectivity index (χ0) is 25.2. The van der Waals surface area contributed by atoms with Crippen LogP contribution in [0.4, 0.5) is 0 Å². The van der Waals surface area contributed by atoms with Gasteiger partial charge in [-0.1, -0.05) is 33.1 Å². The molecular weight excluding hydrogens is 436 g/mol. The Morgan fingerprint density at radius 2 is 1.17 bits per heavy atom. The Bertz CT molecular complexity index is 629. The molecule has 3 fully saturated rings. The quantitative estimate of drug-likeness (QED) is 0.428. The van der Waals surface area contributed by atoms with E-state index in [-0.39, 0.29) is 0 Å². The maximum absolute atomic E-state index is 12.8. The van der Waals surface area contributed by atoms with Crippen LogP contribution in [0.3, 0.4) is 0 Å². The maximum Gasteiger partial charge on any atom is 0.223 e. The van der Waals surface area contributed by atoms with Gasteiger partial charge in [0.25, 0.3) is 0 Å². The summed E-state index contributed by atoms with van der Waals surface area (Å²) in [6, 6.07) is 0.628. The number of piperidine rings is 2. The molecule has 3 heterocycles. The molecule has 0 radical (unpaired) electrons. The Balaban J connectivity index is 1.22. The van der Waals surface area contributed by atoms with Crippen molar-refractivity contribution in [2.75, 3.05) is 58.9 Å². The van der Waals surface area contributed by atoms with Crippen LogP contribution in [0, 0.1) is 17.8 Å². The van der Waals surface area contributed by atoms with Crippen LogP contribution in [0.25, 0.3) is 0 Å². The second-order valence-electron chi connectivity index (χ2n) is 12.2. The van der Waals surface area contributed by atoms with Crippen molar-refractivity contribution in [1.29, 1.82) is 0 Å². The molecule has 0 aliphatic carbocycles. The molecule has 0 bridgehead atoms. The van der Waals surface area contributed by atoms with Gasteiger partial charge in [0.1, 0.15) is 0 Å². The average Bonchev–Trinajstić information content (AvgIpc) is 2.87. The van der Waals surface area contributed by atoms with Crippen LogP contribution < -0.4 is 0 Å². The molecule has 0 N–H and O–H groups in total. The number of hydrogen-bond donors (Lipinski definition) is 0. The molecule has 202 valence electrons. The zero-order valence-electron chi connectivity index (χ0n) is 23.3. The van der Waals surface area contributed by atoms with Crippen LogP contribution in [0.1, 0.15) is 91.9 Å². The molecule has 0 aromatic carbocycles. The Morgan fingerprint density at radius 3 is 1.63 bits per heavy atom. The van der Waals surface area contributed by atoms with Crippen molar-refractivity contribution in [3.8, 4) is 0 Å². The smallest absolute Gasteiger partial charge is 0.223 e. The normalized spacial score (nSPS) is 21.9. The topological polar surface area (TPSA) is 47.1 Å². The molecule has 0 saturated carbocycles. The van der Waals surface area contributed by atoms with E-state index in [1.165, 1.54) is 44.9 Å². The summed E-state index contributed by atoms with van der Waals surface area (Å²) in [5, 5.41) is 0. The third kappa shape index (κ3) is 9.68. The SMILES string of the molecule is CC(C)CCC(=O)N1CCC(CCCC2CCN(C(=O)CCN3CCN(C(C)C)CC3)CC2)CC1. The van der Waals surface area contributed by atoms with Crippen molar-refractivity contribution >= 4 is 11.8 Å². The van der Waals surface area contributed by atoms with Gasteiger partial charge >= 0.3 is 0 Å². The largest absolute Gasteiger partial charge is 0.343 e. The molecule has 3 aliphatic heterocycles. The number of piperazine rings is 1. The van der Waals surface area contributed by atoms with E-state index >= 15 is 0 Å². The minimum absolute atomic E-state index is 0.365. The van der Waals surface area contributed by atoms with E-state index in [4.69, 9.17) is 0 Å². The van der Waals surface area contributed by atoms with Crippen LogP contribution >= 0.6 is 0 Å². The number of carbonyl (C=O) groups excluding carboxylic acids is 2. The van der Waals surface area contributed by atoms with Gasteiger partial charge in [-0.25, -0.2) is 0 Å². The van der Waals surface area contributed by atoms with Crippen molar-refractivity contribution < 1.29 is 9.59 Å². The number of nitrogens with zero attached hydrogens (tertiary/aromatic N) is 4. The van der Waals surface area contributed by atoms with E-state index in [1.807, 2.05) is 0 Å². The first-order chi connectivity index (χ1) is 16.8. The summed E-state index contributed by atoms with van der Waals surface area (Å²) in [4.78, 5) is 34.3. The Hall–Kier alpha value is -1.14. The highest BCUT2D eigenvalue weighted by Crippen LogP contribution is 2.28. The summed E-state index contributed by atoms with van der Waals surface area (Å²) in [6.07, 6.45) is 11.1. The third-order valence-corrected chi connectivity index (χ3v) is 8.87. The zero-order valence-corrected chi connectivity index (χ0v) is 23.3. The first kappa shape index (κ1) is 28.4. The molecule has 0 aromatic heterocycles. The lowest BCUT2D eigenvalue weighted by molar-refractivity contribution is -0.133. The molecule has 0 unspecified atom stereocenters. The van der Waals surface area contributed by atoms with Crippen molar-refractivity contribution in [2.24, 2.45) is 17.8 Å². The van der Waals surface area contributed by atoms with E-state index < -0.39 is 0 Å². The van der Waals surface area contributed by atoms with E-state index in [0.29, 0.717) is 30.2 Å². The second kappa shape index (κ2) is 14.6. The fourth-order valence-electron chi connectivity index (χ4n) is 6.12. The number of hydrogen-bond acceptors (Lipinski definition) is 4. The van der Waals surface area contributed by atoms with Gasteiger partial charge in [-0.15, -0.1) is 0 Å². The summed E-state index contributed by atoms with van der Waals surface area (Å²) in [5.74, 6) is 2.93. The highest BCUT2D eigenvalue weighted by molar-refractivity contribution is 5.76. The van der Waals surface area contributed by atoms with Gasteiger partial charge in [-0.3, -0.25) is 14.5 Å². The Labute approximate surface area is 215 Å². The fourth-order valence-corrected chi connectivity index (χ4v) is 6.12. The summed E-state index contributed by atoms with van der Waals surface area (Å²) in [6.45, 7) is 18.2. The van der Waals surface area contributed by atoms with Crippen LogP contribution in [-0.2, 0) is 9.59 Å². The highest BCUT2D eigenvalue weighted by atomic mass is 16.2. The van der Waals surface area contributed by atoms with Crippen LogP contribution in [0.15, 0.2) is 0 Å². The molecule has 6 nitrogen and oxygen atoms in total. The van der Waals surface area contributed by atoms with E-state index in [0.717, 1.165) is 83.6 Å². The van der Waals surface area contributed by atoms with Gasteiger partial charge in [-0.05, 0) is 63.7 Å². The number of amides is 2. The lowest BCUT2D eigenvalue weighted by Gasteiger charge is -2.37. The van der Waals surface area contributed by atoms with Crippen molar-refractivity contribution in [1.82, 2.24) is 19.6 Å². The van der Waals surface area contributed by atoms with E-state index in [9.17, 15) is 9.59 Å². The maximum atomic E-state index is 12.8. The van der Waals surface area contributed by atoms with Gasteiger partial charge < -0.3 is 14.7 Å². The Kier molecular flexibility index (Phi) is 11.8. The number of rotatable bonds is 11. The van der Waals surface area contributed by atoms with Crippen molar-refractivity contribution in [2.45, 2.75) is 97.9 Å². The molecule has 35 heavy (non-hydrogen) atoms. The summed E-state index contributed by atoms with van der Waals surface area (Å²) < 4.78 is 0. The fraction of sp³-hybridized carbons (Fsp3) is 0.931. The van der Waals surface area contributed by atoms with E-state index in [2.05, 4.69) is 47.3 Å². The summed E-state index contributed by atoms with van der Waals surface area (Å²) in [7, 11) is 0. The van der Waals surface area contributed by atoms with Crippen LogP contribution in [0.5, 0.6) is 0 Å². The monoisotopic (exact) mass is 490 g/mol. The molecule has 3 rings (SSSR count). The molecule has 3 saturated heterocycles. The molecule has 0 spiro atoms. The lowest BCUT2D eigenvalue weighted by Crippen LogP contribution is -2.49. The minimum atomic E-state index is 0.365. The predicted octanol–water partition coefficient (Wildman–Crippen LogP) is 4.49. The molecule has 0 aromatic rings. The van der Waals surface area contributed by atoms with Crippen molar-refractivity contribution in [3.63, 3.8) is 0 Å². The van der Waals surface area contributed by atoms with Gasteiger partial charge in [0.15, 0.2) is 0 Å². The predicted molar refractivity (Wildman–Crippen MR) is 144 cm³/mol. The van der Waals surface area contributed by atoms with Crippen LogP contribution in [0.2, 0.25) is 0 Å². The summed E-state index contributed by atoms with van der Waals surface area (Å²) >= 11 is 0. The first-order valence-electron chi connectivity index (χ1n) is 14.8. The van der Waals surface area contributed by atoms with Crippen molar-refractivity contribution in [3.05, 3.63) is 0 Å². The highest BCUT2D eigenvalue weighted by Gasteiger charge is 2.26. The summed E-state index contributed by atoms with van der Waals surface area (Å²) in [5.41, 5.74) is 0. The number of likely N-dealkylation sites (tertiary alicyclic amines) is 2. The number of carbonyl (C=O) groups is 2. The lowest BCUT2D eigenvalue weighted by atomic mass is 9.86. The van der Waals surface area contributed by atoms with Gasteiger partial charge in [0.2, 0.25) is 11.8 Å². The standard InChI is InChI=1S/C29H54N4O2/c1-24(2)8-9-28(34)32-16-10-26(11-17-32)6-5-7-27-12-18-33(19-13-27)29(35)14-15-30-20-22-31(23-21-30)25(3)4/h24-27H,5-23H2,1-4H3. The average molecular weight is 491 g/mol. The Morgan fingerprint density at radius 1 is 0.686 bits per heavy atom. The third-order valence-electron chi connectivity index (χ3n) is 8.87.